The highest BCUT2D eigenvalue weighted by Gasteiger charge is 2.05. The molecule has 0 unspecified atom stereocenters. The number of rotatable bonds is 41. The smallest absolute Gasteiger partial charge is 0.338 e. The van der Waals surface area contributed by atoms with Crippen LogP contribution in [0.25, 0.3) is 0 Å². The Balaban J connectivity index is 1.62. The standard InChI is InChI=1S/C36H64O14/c1-2-3-7-10-38-11-12-39-13-14-40-15-16-41-17-18-42-19-20-43-21-22-44-23-24-45-25-26-46-27-28-47-29-30-48-31-32-49-33-34-50-36(37)35-8-5-4-6-9-35/h4-6,8-9H,2-3,7,10-34H2,1H3. The summed E-state index contributed by atoms with van der Waals surface area (Å²) in [6.45, 7) is 14.7. The summed E-state index contributed by atoms with van der Waals surface area (Å²) in [5.41, 5.74) is 0.525. The molecule has 0 aliphatic rings. The number of carbonyl (C=O) groups excluding carboxylic acids is 1. The zero-order valence-electron chi connectivity index (χ0n) is 30.4. The fraction of sp³-hybridized carbons (Fsp3) is 0.806. The molecule has 0 heterocycles. The summed E-state index contributed by atoms with van der Waals surface area (Å²) in [7, 11) is 0. The zero-order chi connectivity index (χ0) is 35.7. The third-order valence-corrected chi connectivity index (χ3v) is 6.45. The van der Waals surface area contributed by atoms with Crippen molar-refractivity contribution in [3.63, 3.8) is 0 Å². The first-order valence-electron chi connectivity index (χ1n) is 18.0. The first kappa shape index (κ1) is 46.2. The summed E-state index contributed by atoms with van der Waals surface area (Å²) in [6, 6.07) is 8.85. The maximum atomic E-state index is 11.8. The largest absolute Gasteiger partial charge is 0.460 e. The number of hydrogen-bond acceptors (Lipinski definition) is 14. The Morgan fingerprint density at radius 2 is 0.620 bits per heavy atom. The van der Waals surface area contributed by atoms with E-state index in [1.165, 1.54) is 12.8 Å². The van der Waals surface area contributed by atoms with Crippen molar-refractivity contribution in [1.29, 1.82) is 0 Å². The highest BCUT2D eigenvalue weighted by Crippen LogP contribution is 2.00. The molecule has 292 valence electrons. The lowest BCUT2D eigenvalue weighted by Crippen LogP contribution is -2.15. The Morgan fingerprint density at radius 1 is 0.360 bits per heavy atom. The minimum atomic E-state index is -0.356. The molecule has 0 fully saturated rings. The molecule has 0 aromatic heterocycles. The number of benzene rings is 1. The van der Waals surface area contributed by atoms with Gasteiger partial charge in [-0.3, -0.25) is 0 Å². The van der Waals surface area contributed by atoms with Crippen LogP contribution in [0.1, 0.15) is 36.5 Å². The molecule has 14 nitrogen and oxygen atoms in total. The van der Waals surface area contributed by atoms with E-state index in [0.717, 1.165) is 13.0 Å². The van der Waals surface area contributed by atoms with Gasteiger partial charge in [-0.25, -0.2) is 4.79 Å². The van der Waals surface area contributed by atoms with Crippen molar-refractivity contribution in [2.24, 2.45) is 0 Å². The van der Waals surface area contributed by atoms with E-state index >= 15 is 0 Å². The summed E-state index contributed by atoms with van der Waals surface area (Å²) in [4.78, 5) is 11.8. The van der Waals surface area contributed by atoms with Crippen LogP contribution >= 0.6 is 0 Å². The molecule has 50 heavy (non-hydrogen) atoms. The Morgan fingerprint density at radius 3 is 0.900 bits per heavy atom. The molecule has 1 aromatic rings. The van der Waals surface area contributed by atoms with Crippen LogP contribution in [0.3, 0.4) is 0 Å². The van der Waals surface area contributed by atoms with Gasteiger partial charge in [-0.15, -0.1) is 0 Å². The van der Waals surface area contributed by atoms with Crippen LogP contribution < -0.4 is 0 Å². The van der Waals surface area contributed by atoms with Gasteiger partial charge in [0.05, 0.1) is 158 Å². The van der Waals surface area contributed by atoms with Crippen LogP contribution in [0.4, 0.5) is 0 Å². The second-order valence-corrected chi connectivity index (χ2v) is 10.6. The van der Waals surface area contributed by atoms with Gasteiger partial charge in [0.25, 0.3) is 0 Å². The van der Waals surface area contributed by atoms with E-state index in [1.54, 1.807) is 24.3 Å². The molecule has 1 rings (SSSR count). The number of hydrogen-bond donors (Lipinski definition) is 0. The molecule has 14 heteroatoms. The molecular formula is C36H64O14. The van der Waals surface area contributed by atoms with Gasteiger partial charge in [-0.2, -0.15) is 0 Å². The fourth-order valence-electron chi connectivity index (χ4n) is 3.83. The van der Waals surface area contributed by atoms with Crippen LogP contribution in [0, 0.1) is 0 Å². The summed E-state index contributed by atoms with van der Waals surface area (Å²) in [5.74, 6) is -0.356. The third kappa shape index (κ3) is 34.6. The van der Waals surface area contributed by atoms with E-state index in [9.17, 15) is 4.79 Å². The van der Waals surface area contributed by atoms with Crippen molar-refractivity contribution in [3.8, 4) is 0 Å². The van der Waals surface area contributed by atoms with E-state index in [1.807, 2.05) is 6.07 Å². The van der Waals surface area contributed by atoms with Gasteiger partial charge >= 0.3 is 5.97 Å². The van der Waals surface area contributed by atoms with Crippen molar-refractivity contribution >= 4 is 5.97 Å². The maximum absolute atomic E-state index is 11.8. The molecule has 0 aliphatic heterocycles. The molecule has 0 amide bonds. The molecule has 0 N–H and O–H groups in total. The van der Waals surface area contributed by atoms with E-state index < -0.39 is 0 Å². The van der Waals surface area contributed by atoms with Gasteiger partial charge in [0.15, 0.2) is 0 Å². The lowest BCUT2D eigenvalue weighted by atomic mass is 10.2. The van der Waals surface area contributed by atoms with Gasteiger partial charge in [0.1, 0.15) is 6.61 Å². The second kappa shape index (κ2) is 40.0. The van der Waals surface area contributed by atoms with Crippen LogP contribution in [0.2, 0.25) is 0 Å². The Kier molecular flexibility index (Phi) is 37.0. The molecule has 0 saturated carbocycles. The van der Waals surface area contributed by atoms with Crippen LogP contribution in [0.5, 0.6) is 0 Å². The molecular weight excluding hydrogens is 656 g/mol. The monoisotopic (exact) mass is 720 g/mol. The third-order valence-electron chi connectivity index (χ3n) is 6.45. The van der Waals surface area contributed by atoms with Crippen molar-refractivity contribution in [1.82, 2.24) is 0 Å². The first-order chi connectivity index (χ1) is 24.8. The predicted molar refractivity (Wildman–Crippen MR) is 186 cm³/mol. The number of carbonyl (C=O) groups is 1. The summed E-state index contributed by atoms with van der Waals surface area (Å²) < 4.78 is 70.8. The van der Waals surface area contributed by atoms with Gasteiger partial charge in [0.2, 0.25) is 0 Å². The molecule has 0 radical (unpaired) electrons. The lowest BCUT2D eigenvalue weighted by Gasteiger charge is -2.09. The number of esters is 1. The van der Waals surface area contributed by atoms with E-state index in [0.29, 0.717) is 158 Å². The van der Waals surface area contributed by atoms with Gasteiger partial charge < -0.3 is 61.6 Å². The Labute approximate surface area is 299 Å². The maximum Gasteiger partial charge on any atom is 0.338 e. The molecule has 0 atom stereocenters. The molecule has 0 aliphatic carbocycles. The minimum Gasteiger partial charge on any atom is -0.460 e. The van der Waals surface area contributed by atoms with Crippen LogP contribution in [-0.4, -0.2) is 171 Å². The quantitative estimate of drug-likeness (QED) is 0.0723. The van der Waals surface area contributed by atoms with Crippen LogP contribution in [0.15, 0.2) is 30.3 Å². The van der Waals surface area contributed by atoms with Crippen LogP contribution in [-0.2, 0) is 61.6 Å². The average molecular weight is 721 g/mol. The Hall–Kier alpha value is -1.79. The minimum absolute atomic E-state index is 0.201. The molecule has 0 saturated heterocycles. The molecule has 1 aromatic carbocycles. The molecule has 0 spiro atoms. The second-order valence-electron chi connectivity index (χ2n) is 10.6. The van der Waals surface area contributed by atoms with E-state index in [-0.39, 0.29) is 12.6 Å². The highest BCUT2D eigenvalue weighted by molar-refractivity contribution is 5.89. The SMILES string of the molecule is CCCCCOCCOCCOCCOCCOCCOCCOCCOCCOCCOCCOCCOCCOC(=O)c1ccccc1. The van der Waals surface area contributed by atoms with Gasteiger partial charge in [0, 0.05) is 6.61 Å². The predicted octanol–water partition coefficient (Wildman–Crippen LogP) is 3.23. The van der Waals surface area contributed by atoms with Gasteiger partial charge in [-0.1, -0.05) is 38.0 Å². The van der Waals surface area contributed by atoms with Crippen molar-refractivity contribution < 1.29 is 66.4 Å². The fourth-order valence-corrected chi connectivity index (χ4v) is 3.83. The van der Waals surface area contributed by atoms with Gasteiger partial charge in [-0.05, 0) is 18.6 Å². The first-order valence-corrected chi connectivity index (χ1v) is 18.0. The number of unbranched alkanes of at least 4 members (excludes halogenated alkanes) is 2. The normalized spacial score (nSPS) is 11.4. The highest BCUT2D eigenvalue weighted by atomic mass is 16.6. The van der Waals surface area contributed by atoms with Crippen molar-refractivity contribution in [2.75, 3.05) is 165 Å². The Bertz CT molecular complexity index is 804. The number of ether oxygens (including phenoxy) is 13. The summed E-state index contributed by atoms with van der Waals surface area (Å²) in [5, 5.41) is 0. The van der Waals surface area contributed by atoms with Crippen molar-refractivity contribution in [2.45, 2.75) is 26.2 Å². The summed E-state index contributed by atoms with van der Waals surface area (Å²) in [6.07, 6.45) is 3.53. The van der Waals surface area contributed by atoms with E-state index in [4.69, 9.17) is 61.6 Å². The molecule has 0 bridgehead atoms. The lowest BCUT2D eigenvalue weighted by molar-refractivity contribution is -0.0288. The zero-order valence-corrected chi connectivity index (χ0v) is 30.4. The van der Waals surface area contributed by atoms with Crippen molar-refractivity contribution in [3.05, 3.63) is 35.9 Å². The van der Waals surface area contributed by atoms with E-state index in [2.05, 4.69) is 6.92 Å². The average Bonchev–Trinajstić information content (AvgIpc) is 3.14. The topological polar surface area (TPSA) is 137 Å². The summed E-state index contributed by atoms with van der Waals surface area (Å²) >= 11 is 0.